The van der Waals surface area contributed by atoms with Crippen LogP contribution in [0.2, 0.25) is 0 Å². The van der Waals surface area contributed by atoms with Crippen molar-refractivity contribution in [2.45, 2.75) is 18.4 Å². The second-order valence-electron chi connectivity index (χ2n) is 8.70. The summed E-state index contributed by atoms with van der Waals surface area (Å²) in [4.78, 5) is 40.1. The average Bonchev–Trinajstić information content (AvgIpc) is 3.34. The third-order valence-electron chi connectivity index (χ3n) is 6.66. The molecule has 3 aromatic carbocycles. The van der Waals surface area contributed by atoms with Gasteiger partial charge in [-0.2, -0.15) is 5.26 Å². The highest BCUT2D eigenvalue weighted by Crippen LogP contribution is 2.37. The van der Waals surface area contributed by atoms with Gasteiger partial charge in [0.2, 0.25) is 11.8 Å². The van der Waals surface area contributed by atoms with E-state index in [1.54, 1.807) is 47.4 Å². The maximum atomic E-state index is 13.7. The molecule has 0 unspecified atom stereocenters. The summed E-state index contributed by atoms with van der Waals surface area (Å²) in [5, 5.41) is 11.5. The van der Waals surface area contributed by atoms with E-state index in [-0.39, 0.29) is 24.4 Å². The minimum absolute atomic E-state index is 0.0366. The molecule has 0 spiro atoms. The van der Waals surface area contributed by atoms with Gasteiger partial charge in [-0.05, 0) is 46.5 Å². The second-order valence-corrected chi connectivity index (χ2v) is 8.70. The Morgan fingerprint density at radius 2 is 1.80 bits per heavy atom. The third-order valence-corrected chi connectivity index (χ3v) is 6.66. The Morgan fingerprint density at radius 3 is 2.46 bits per heavy atom. The number of nitrogens with zero attached hydrogens (tertiary/aromatic N) is 2. The summed E-state index contributed by atoms with van der Waals surface area (Å²) in [6.45, 7) is 0.362. The van der Waals surface area contributed by atoms with Crippen LogP contribution < -0.4 is 10.1 Å². The minimum atomic E-state index is -1.24. The molecule has 8 heteroatoms. The summed E-state index contributed by atoms with van der Waals surface area (Å²) in [6.07, 6.45) is -0.0796. The first-order valence-electron chi connectivity index (χ1n) is 11.0. The normalized spacial score (nSPS) is 18.9. The van der Waals surface area contributed by atoms with E-state index >= 15 is 0 Å². The lowest BCUT2D eigenvalue weighted by molar-refractivity contribution is -0.126. The van der Waals surface area contributed by atoms with Crippen LogP contribution in [0.4, 0.5) is 4.39 Å². The Morgan fingerprint density at radius 1 is 1.06 bits per heavy atom. The summed E-state index contributed by atoms with van der Waals surface area (Å²) in [7, 11) is 1.53. The van der Waals surface area contributed by atoms with Crippen LogP contribution >= 0.6 is 0 Å². The number of methoxy groups -OCH3 is 1. The molecule has 2 aliphatic rings. The van der Waals surface area contributed by atoms with E-state index in [0.29, 0.717) is 29.0 Å². The lowest BCUT2D eigenvalue weighted by Crippen LogP contribution is -2.46. The zero-order chi connectivity index (χ0) is 24.7. The maximum Gasteiger partial charge on any atom is 0.254 e. The Kier molecular flexibility index (Phi) is 5.33. The molecule has 0 aromatic heterocycles. The van der Waals surface area contributed by atoms with Crippen LogP contribution in [0.1, 0.15) is 33.5 Å². The van der Waals surface area contributed by atoms with Gasteiger partial charge in [-0.25, -0.2) is 4.39 Å². The van der Waals surface area contributed by atoms with Crippen molar-refractivity contribution in [2.24, 2.45) is 0 Å². The summed E-state index contributed by atoms with van der Waals surface area (Å²) in [6, 6.07) is 18.4. The fourth-order valence-electron chi connectivity index (χ4n) is 4.79. The van der Waals surface area contributed by atoms with E-state index in [1.165, 1.54) is 19.2 Å². The summed E-state index contributed by atoms with van der Waals surface area (Å²) in [5.41, 5.74) is 2.01. The first-order chi connectivity index (χ1) is 16.8. The van der Waals surface area contributed by atoms with Gasteiger partial charge in [-0.3, -0.25) is 19.7 Å². The van der Waals surface area contributed by atoms with Crippen LogP contribution in [-0.2, 0) is 21.5 Å². The van der Waals surface area contributed by atoms with Crippen molar-refractivity contribution in [3.8, 4) is 22.9 Å². The van der Waals surface area contributed by atoms with Gasteiger partial charge in [0.1, 0.15) is 23.1 Å². The number of nitrogens with one attached hydrogen (secondary N) is 1. The standard InChI is InChI=1S/C27H20FN3O4/c1-35-21-8-4-18-14-31(25(33)22(18)11-21)15-27(12-24(32)30-26(27)34)20-6-2-16(3-7-20)17-5-9-23(28)19(10-17)13-29/h2-11H,12,14-15H2,1H3,(H,30,32,34)/t27-/m1/s1. The molecule has 1 atom stereocenters. The molecule has 2 heterocycles. The highest BCUT2D eigenvalue weighted by Gasteiger charge is 2.50. The number of carbonyl (C=O) groups is 3. The minimum Gasteiger partial charge on any atom is -0.497 e. The fourth-order valence-corrected chi connectivity index (χ4v) is 4.79. The highest BCUT2D eigenvalue weighted by molar-refractivity contribution is 6.10. The Labute approximate surface area is 200 Å². The molecule has 174 valence electrons. The van der Waals surface area contributed by atoms with E-state index < -0.39 is 23.0 Å². The molecule has 35 heavy (non-hydrogen) atoms. The summed E-state index contributed by atoms with van der Waals surface area (Å²) >= 11 is 0. The Bertz CT molecular complexity index is 1430. The first kappa shape index (κ1) is 22.3. The number of halogens is 1. The second kappa shape index (κ2) is 8.37. The van der Waals surface area contributed by atoms with Gasteiger partial charge in [0, 0.05) is 25.1 Å². The lowest BCUT2D eigenvalue weighted by atomic mass is 9.77. The molecule has 3 amide bonds. The SMILES string of the molecule is COc1ccc2c(c1)C(=O)N(C[C@@]1(c3ccc(-c4ccc(F)c(C#N)c4)cc3)CC(=O)NC1=O)C2. The van der Waals surface area contributed by atoms with Gasteiger partial charge in [-0.1, -0.05) is 36.4 Å². The van der Waals surface area contributed by atoms with Crippen LogP contribution in [0.25, 0.3) is 11.1 Å². The van der Waals surface area contributed by atoms with E-state index in [0.717, 1.165) is 11.1 Å². The van der Waals surface area contributed by atoms with Crippen LogP contribution in [0.5, 0.6) is 5.75 Å². The zero-order valence-electron chi connectivity index (χ0n) is 18.8. The molecular weight excluding hydrogens is 449 g/mol. The zero-order valence-corrected chi connectivity index (χ0v) is 18.8. The fraction of sp³-hybridized carbons (Fsp3) is 0.185. The number of ether oxygens (including phenoxy) is 1. The van der Waals surface area contributed by atoms with Gasteiger partial charge in [0.15, 0.2) is 0 Å². The molecule has 0 aliphatic carbocycles. The maximum absolute atomic E-state index is 13.7. The molecule has 1 saturated heterocycles. The van der Waals surface area contributed by atoms with Crippen molar-refractivity contribution in [3.05, 3.63) is 88.7 Å². The van der Waals surface area contributed by atoms with Gasteiger partial charge in [0.05, 0.1) is 12.7 Å². The predicted molar refractivity (Wildman–Crippen MR) is 124 cm³/mol. The first-order valence-corrected chi connectivity index (χ1v) is 11.0. The molecule has 1 N–H and O–H groups in total. The molecule has 0 bridgehead atoms. The topological polar surface area (TPSA) is 99.5 Å². The molecule has 0 radical (unpaired) electrons. The smallest absolute Gasteiger partial charge is 0.254 e. The number of rotatable bonds is 5. The quantitative estimate of drug-likeness (QED) is 0.578. The monoisotopic (exact) mass is 469 g/mol. The molecular formula is C27H20FN3O4. The van der Waals surface area contributed by atoms with Crippen molar-refractivity contribution in [3.63, 3.8) is 0 Å². The van der Waals surface area contributed by atoms with Crippen molar-refractivity contribution in [2.75, 3.05) is 13.7 Å². The Balaban J connectivity index is 1.48. The van der Waals surface area contributed by atoms with Gasteiger partial charge in [-0.15, -0.1) is 0 Å². The van der Waals surface area contributed by atoms with Crippen molar-refractivity contribution in [1.82, 2.24) is 10.2 Å². The molecule has 7 nitrogen and oxygen atoms in total. The highest BCUT2D eigenvalue weighted by atomic mass is 19.1. The number of nitriles is 1. The van der Waals surface area contributed by atoms with Gasteiger partial charge >= 0.3 is 0 Å². The molecule has 1 fully saturated rings. The number of hydrogen-bond donors (Lipinski definition) is 1. The van der Waals surface area contributed by atoms with Crippen LogP contribution in [0, 0.1) is 17.1 Å². The largest absolute Gasteiger partial charge is 0.497 e. The number of imide groups is 1. The molecule has 5 rings (SSSR count). The third kappa shape index (κ3) is 3.71. The number of benzene rings is 3. The number of hydrogen-bond acceptors (Lipinski definition) is 5. The van der Waals surface area contributed by atoms with Crippen LogP contribution in [0.15, 0.2) is 60.7 Å². The number of amides is 3. The lowest BCUT2D eigenvalue weighted by Gasteiger charge is -2.31. The number of carbonyl (C=O) groups excluding carboxylic acids is 3. The predicted octanol–water partition coefficient (Wildman–Crippen LogP) is 3.31. The summed E-state index contributed by atoms with van der Waals surface area (Å²) in [5.74, 6) is -1.11. The van der Waals surface area contributed by atoms with Gasteiger partial charge in [0.25, 0.3) is 5.91 Å². The Hall–Kier alpha value is -4.51. The molecule has 2 aliphatic heterocycles. The van der Waals surface area contributed by atoms with Crippen LogP contribution in [0.3, 0.4) is 0 Å². The van der Waals surface area contributed by atoms with Crippen LogP contribution in [-0.4, -0.2) is 36.3 Å². The molecule has 0 saturated carbocycles. The van der Waals surface area contributed by atoms with Gasteiger partial charge < -0.3 is 9.64 Å². The van der Waals surface area contributed by atoms with E-state index in [9.17, 15) is 18.8 Å². The van der Waals surface area contributed by atoms with Crippen molar-refractivity contribution >= 4 is 17.7 Å². The number of fused-ring (bicyclic) bond motifs is 1. The van der Waals surface area contributed by atoms with E-state index in [2.05, 4.69) is 5.32 Å². The van der Waals surface area contributed by atoms with E-state index in [4.69, 9.17) is 10.00 Å². The van der Waals surface area contributed by atoms with Crippen molar-refractivity contribution in [1.29, 1.82) is 5.26 Å². The average molecular weight is 469 g/mol. The van der Waals surface area contributed by atoms with E-state index in [1.807, 2.05) is 12.1 Å². The molecule has 3 aromatic rings. The van der Waals surface area contributed by atoms with Crippen molar-refractivity contribution < 1.29 is 23.5 Å². The summed E-state index contributed by atoms with van der Waals surface area (Å²) < 4.78 is 18.9.